The molecule has 1 fully saturated rings. The lowest BCUT2D eigenvalue weighted by molar-refractivity contribution is 0.0193. The fourth-order valence-electron chi connectivity index (χ4n) is 7.58. The van der Waals surface area contributed by atoms with E-state index in [4.69, 9.17) is 4.74 Å². The van der Waals surface area contributed by atoms with Crippen molar-refractivity contribution < 1.29 is 14.3 Å². The Bertz CT molecular complexity index is 2200. The second-order valence-electron chi connectivity index (χ2n) is 13.6. The number of aromatic nitrogens is 3. The van der Waals surface area contributed by atoms with Crippen LogP contribution < -0.4 is 4.90 Å². The molecule has 1 saturated heterocycles. The minimum absolute atomic E-state index is 0.00390. The maximum absolute atomic E-state index is 14.8. The first kappa shape index (κ1) is 32.7. The van der Waals surface area contributed by atoms with E-state index in [9.17, 15) is 9.59 Å². The van der Waals surface area contributed by atoms with E-state index in [0.717, 1.165) is 65.2 Å². The quantitative estimate of drug-likeness (QED) is 0.196. The van der Waals surface area contributed by atoms with Crippen LogP contribution >= 0.6 is 0 Å². The normalized spacial score (nSPS) is 16.3. The van der Waals surface area contributed by atoms with Crippen LogP contribution in [-0.4, -0.2) is 75.3 Å². The highest BCUT2D eigenvalue weighted by Gasteiger charge is 2.34. The molecule has 4 aromatic carbocycles. The van der Waals surface area contributed by atoms with Crippen molar-refractivity contribution in [3.63, 3.8) is 0 Å². The van der Waals surface area contributed by atoms with Gasteiger partial charge in [-0.15, -0.1) is 0 Å². The van der Waals surface area contributed by atoms with Crippen LogP contribution in [0.15, 0.2) is 109 Å². The van der Waals surface area contributed by atoms with Gasteiger partial charge in [-0.3, -0.25) is 19.6 Å². The van der Waals surface area contributed by atoms with Crippen LogP contribution in [0.2, 0.25) is 0 Å². The van der Waals surface area contributed by atoms with Gasteiger partial charge in [-0.25, -0.2) is 0 Å². The number of H-pyrrole nitrogens is 1. The van der Waals surface area contributed by atoms with Crippen molar-refractivity contribution in [2.75, 3.05) is 37.7 Å². The lowest BCUT2D eigenvalue weighted by Crippen LogP contribution is -2.52. The third kappa shape index (κ3) is 6.46. The van der Waals surface area contributed by atoms with E-state index in [-0.39, 0.29) is 17.9 Å². The molecule has 2 aliphatic rings. The zero-order valence-electron chi connectivity index (χ0n) is 29.1. The Morgan fingerprint density at radius 1 is 0.882 bits per heavy atom. The third-order valence-corrected chi connectivity index (χ3v) is 10.6. The summed E-state index contributed by atoms with van der Waals surface area (Å²) in [7, 11) is 1.97. The average molecular weight is 679 g/mol. The van der Waals surface area contributed by atoms with E-state index in [1.54, 1.807) is 6.20 Å². The first-order chi connectivity index (χ1) is 24.9. The number of carbonyl (C=O) groups excluding carboxylic acids is 2. The Labute approximate surface area is 298 Å². The fraction of sp³-hybridized carbons (Fsp3) is 0.262. The molecule has 6 aromatic rings. The number of ether oxygens (including phenoxy) is 1. The van der Waals surface area contributed by atoms with Gasteiger partial charge in [-0.2, -0.15) is 5.10 Å². The summed E-state index contributed by atoms with van der Waals surface area (Å²) in [4.78, 5) is 35.7. The summed E-state index contributed by atoms with van der Waals surface area (Å²) in [5.41, 5.74) is 8.92. The second-order valence-corrected chi connectivity index (χ2v) is 13.6. The molecule has 2 aliphatic heterocycles. The molecule has 1 N–H and O–H groups in total. The number of hydrogen-bond acceptors (Lipinski definition) is 5. The Morgan fingerprint density at radius 3 is 2.45 bits per heavy atom. The summed E-state index contributed by atoms with van der Waals surface area (Å²) in [5, 5.41) is 8.12. The molecule has 0 bridgehead atoms. The van der Waals surface area contributed by atoms with Gasteiger partial charge in [-0.05, 0) is 60.4 Å². The van der Waals surface area contributed by atoms with E-state index in [2.05, 4.69) is 44.3 Å². The maximum atomic E-state index is 14.8. The molecule has 2 aromatic heterocycles. The smallest absolute Gasteiger partial charge is 0.260 e. The summed E-state index contributed by atoms with van der Waals surface area (Å²) in [5.74, 6) is -0.104. The van der Waals surface area contributed by atoms with Gasteiger partial charge in [0, 0.05) is 72.9 Å². The molecule has 8 rings (SSSR count). The maximum Gasteiger partial charge on any atom is 0.260 e. The van der Waals surface area contributed by atoms with Gasteiger partial charge in [0.15, 0.2) is 0 Å². The van der Waals surface area contributed by atoms with E-state index in [1.165, 1.54) is 11.1 Å². The van der Waals surface area contributed by atoms with Crippen LogP contribution in [0.1, 0.15) is 43.1 Å². The molecule has 2 amide bonds. The van der Waals surface area contributed by atoms with Gasteiger partial charge in [0.1, 0.15) is 0 Å². The van der Waals surface area contributed by atoms with Crippen molar-refractivity contribution >= 4 is 28.4 Å². The number of nitrogens with zero attached hydrogens (tertiary/aromatic N) is 5. The lowest BCUT2D eigenvalue weighted by Gasteiger charge is -2.40. The van der Waals surface area contributed by atoms with Crippen molar-refractivity contribution in [1.29, 1.82) is 0 Å². The van der Waals surface area contributed by atoms with Gasteiger partial charge in [0.2, 0.25) is 0 Å². The monoisotopic (exact) mass is 678 g/mol. The number of anilines is 1. The fourth-order valence-corrected chi connectivity index (χ4v) is 7.58. The molecular formula is C42H42N6O3. The highest BCUT2D eigenvalue weighted by molar-refractivity contribution is 6.09. The first-order valence-corrected chi connectivity index (χ1v) is 17.7. The predicted octanol–water partition coefficient (Wildman–Crippen LogP) is 6.62. The molecule has 1 atom stereocenters. The topological polar surface area (TPSA) is 86.7 Å². The molecule has 4 heterocycles. The Kier molecular flexibility index (Phi) is 8.98. The number of carbonyl (C=O) groups is 2. The van der Waals surface area contributed by atoms with Gasteiger partial charge in [-0.1, -0.05) is 72.8 Å². The number of aromatic amines is 1. The Hall–Kier alpha value is -5.51. The van der Waals surface area contributed by atoms with Crippen LogP contribution in [0.25, 0.3) is 22.2 Å². The second kappa shape index (κ2) is 14.0. The molecule has 9 heteroatoms. The Balaban J connectivity index is 1.15. The SMILES string of the molecule is Cc1c(C(=O)N(Cc2ccccc2)c2ccc3[nH]ncc3c2)cc(-c2ccccc2C(=O)N2Cc3ccccc3CC2CN2CCOCC2)n1C. The molecule has 0 spiro atoms. The minimum atomic E-state index is -0.108. The Morgan fingerprint density at radius 2 is 1.63 bits per heavy atom. The summed E-state index contributed by atoms with van der Waals surface area (Å²) in [6, 6.07) is 34.2. The van der Waals surface area contributed by atoms with Gasteiger partial charge in [0.25, 0.3) is 11.8 Å². The molecule has 0 radical (unpaired) electrons. The van der Waals surface area contributed by atoms with Crippen molar-refractivity contribution in [3.8, 4) is 11.3 Å². The van der Waals surface area contributed by atoms with Crippen molar-refractivity contribution in [3.05, 3.63) is 143 Å². The van der Waals surface area contributed by atoms with Crippen LogP contribution in [0.5, 0.6) is 0 Å². The predicted molar refractivity (Wildman–Crippen MR) is 200 cm³/mol. The van der Waals surface area contributed by atoms with Crippen LogP contribution in [0, 0.1) is 6.92 Å². The summed E-state index contributed by atoms with van der Waals surface area (Å²) in [6.07, 6.45) is 2.58. The number of rotatable bonds is 8. The largest absolute Gasteiger partial charge is 0.379 e. The lowest BCUT2D eigenvalue weighted by atomic mass is 9.92. The number of benzene rings is 4. The van der Waals surface area contributed by atoms with Gasteiger partial charge < -0.3 is 19.1 Å². The molecular weight excluding hydrogens is 637 g/mol. The number of amides is 2. The van der Waals surface area contributed by atoms with Gasteiger partial charge >= 0.3 is 0 Å². The minimum Gasteiger partial charge on any atom is -0.379 e. The van der Waals surface area contributed by atoms with E-state index < -0.39 is 0 Å². The summed E-state index contributed by atoms with van der Waals surface area (Å²) < 4.78 is 7.66. The summed E-state index contributed by atoms with van der Waals surface area (Å²) >= 11 is 0. The number of fused-ring (bicyclic) bond motifs is 2. The molecule has 51 heavy (non-hydrogen) atoms. The third-order valence-electron chi connectivity index (χ3n) is 10.6. The highest BCUT2D eigenvalue weighted by Crippen LogP contribution is 2.33. The standard InChI is InChI=1S/C42H42N6O3/c1-29-38(42(50)47(26-30-10-4-3-5-11-30)34-16-17-39-33(23-34)25-43-44-39)24-40(45(29)2)36-14-8-9-15-37(36)41(49)48-27-32-13-7-6-12-31(32)22-35(48)28-46-18-20-51-21-19-46/h3-17,23-25,35H,18-22,26-28H2,1-2H3,(H,43,44). The molecule has 0 saturated carbocycles. The van der Waals surface area contributed by atoms with Crippen LogP contribution in [0.3, 0.4) is 0 Å². The van der Waals surface area contributed by atoms with Crippen molar-refractivity contribution in [2.45, 2.75) is 32.5 Å². The summed E-state index contributed by atoms with van der Waals surface area (Å²) in [6.45, 7) is 6.91. The van der Waals surface area contributed by atoms with Crippen LogP contribution in [0.4, 0.5) is 5.69 Å². The number of morpholine rings is 1. The van der Waals surface area contributed by atoms with E-state index in [1.807, 2.05) is 102 Å². The average Bonchev–Trinajstić information content (AvgIpc) is 3.77. The molecule has 9 nitrogen and oxygen atoms in total. The van der Waals surface area contributed by atoms with Gasteiger partial charge in [0.05, 0.1) is 37.0 Å². The molecule has 258 valence electrons. The zero-order valence-corrected chi connectivity index (χ0v) is 29.1. The molecule has 1 unspecified atom stereocenters. The number of hydrogen-bond donors (Lipinski definition) is 1. The molecule has 0 aliphatic carbocycles. The van der Waals surface area contributed by atoms with Crippen molar-refractivity contribution in [2.24, 2.45) is 7.05 Å². The van der Waals surface area contributed by atoms with Crippen LogP contribution in [-0.2, 0) is 31.3 Å². The van der Waals surface area contributed by atoms with Crippen molar-refractivity contribution in [1.82, 2.24) is 24.6 Å². The first-order valence-electron chi connectivity index (χ1n) is 17.7. The number of nitrogens with one attached hydrogen (secondary N) is 1. The van der Waals surface area contributed by atoms with E-state index >= 15 is 0 Å². The highest BCUT2D eigenvalue weighted by atomic mass is 16.5. The van der Waals surface area contributed by atoms with E-state index in [0.29, 0.717) is 37.4 Å². The zero-order chi connectivity index (χ0) is 34.9.